The molecule has 0 unspecified atom stereocenters. The van der Waals surface area contributed by atoms with Crippen LogP contribution in [-0.4, -0.2) is 22.4 Å². The predicted octanol–water partition coefficient (Wildman–Crippen LogP) is 4.04. The molecule has 4 rings (SSSR count). The zero-order valence-electron chi connectivity index (χ0n) is 14.1. The maximum atomic E-state index is 12.9. The summed E-state index contributed by atoms with van der Waals surface area (Å²) in [6.07, 6.45) is 5.94. The molecule has 1 aromatic carbocycles. The molecule has 1 aliphatic heterocycles. The van der Waals surface area contributed by atoms with Gasteiger partial charge in [-0.1, -0.05) is 18.2 Å². The maximum Gasteiger partial charge on any atom is 0.233 e. The predicted molar refractivity (Wildman–Crippen MR) is 101 cm³/mol. The molecule has 126 valence electrons. The van der Waals surface area contributed by atoms with E-state index in [1.165, 1.54) is 11.1 Å². The van der Waals surface area contributed by atoms with Crippen molar-refractivity contribution >= 4 is 22.9 Å². The topological polar surface area (TPSA) is 46.1 Å². The van der Waals surface area contributed by atoms with E-state index in [9.17, 15) is 4.79 Å². The number of amides is 1. The van der Waals surface area contributed by atoms with Gasteiger partial charge in [0.2, 0.25) is 5.91 Å². The summed E-state index contributed by atoms with van der Waals surface area (Å²) < 4.78 is 0. The van der Waals surface area contributed by atoms with Crippen molar-refractivity contribution in [1.29, 1.82) is 0 Å². The Morgan fingerprint density at radius 1 is 1.28 bits per heavy atom. The van der Waals surface area contributed by atoms with Gasteiger partial charge in [0.15, 0.2) is 0 Å². The van der Waals surface area contributed by atoms with E-state index in [1.54, 1.807) is 23.7 Å². The van der Waals surface area contributed by atoms with Gasteiger partial charge in [-0.15, -0.1) is 11.3 Å². The van der Waals surface area contributed by atoms with Crippen molar-refractivity contribution in [3.05, 3.63) is 64.9 Å². The second kappa shape index (κ2) is 6.76. The Morgan fingerprint density at radius 3 is 3.04 bits per heavy atom. The molecule has 0 N–H and O–H groups in total. The number of para-hydroxylation sites is 1. The van der Waals surface area contributed by atoms with E-state index in [2.05, 4.69) is 35.1 Å². The van der Waals surface area contributed by atoms with E-state index in [4.69, 9.17) is 0 Å². The van der Waals surface area contributed by atoms with Crippen LogP contribution < -0.4 is 4.90 Å². The number of carbonyl (C=O) groups is 1. The van der Waals surface area contributed by atoms with Gasteiger partial charge in [0.05, 0.1) is 12.1 Å². The van der Waals surface area contributed by atoms with Crippen LogP contribution in [0.3, 0.4) is 0 Å². The summed E-state index contributed by atoms with van der Waals surface area (Å²) in [7, 11) is 0. The minimum atomic E-state index is 0.123. The summed E-state index contributed by atoms with van der Waals surface area (Å²) >= 11 is 1.56. The van der Waals surface area contributed by atoms with Gasteiger partial charge in [-0.3, -0.25) is 9.78 Å². The van der Waals surface area contributed by atoms with Crippen LogP contribution in [0.4, 0.5) is 5.69 Å². The molecule has 2 aromatic heterocycles. The summed E-state index contributed by atoms with van der Waals surface area (Å²) in [5, 5.41) is 2.88. The van der Waals surface area contributed by atoms with E-state index in [1.807, 2.05) is 22.4 Å². The van der Waals surface area contributed by atoms with Crippen molar-refractivity contribution in [3.8, 4) is 10.6 Å². The molecule has 25 heavy (non-hydrogen) atoms. The van der Waals surface area contributed by atoms with Crippen LogP contribution in [0.25, 0.3) is 10.6 Å². The zero-order valence-corrected chi connectivity index (χ0v) is 14.9. The van der Waals surface area contributed by atoms with Crippen LogP contribution in [0.5, 0.6) is 0 Å². The number of hydrogen-bond acceptors (Lipinski definition) is 4. The highest BCUT2D eigenvalue weighted by atomic mass is 32.1. The standard InChI is InChI=1S/C20H19N3OS/c1-14-5-2-6-15-8-4-10-23(19(14)15)18(24)11-17-13-25-20(22-17)16-7-3-9-21-12-16/h2-3,5-7,9,12-13H,4,8,10-11H2,1H3. The van der Waals surface area contributed by atoms with Crippen molar-refractivity contribution in [3.63, 3.8) is 0 Å². The van der Waals surface area contributed by atoms with Crippen molar-refractivity contribution < 1.29 is 4.79 Å². The van der Waals surface area contributed by atoms with Crippen LogP contribution in [-0.2, 0) is 17.6 Å². The first-order valence-electron chi connectivity index (χ1n) is 8.46. The van der Waals surface area contributed by atoms with Crippen molar-refractivity contribution in [1.82, 2.24) is 9.97 Å². The van der Waals surface area contributed by atoms with Gasteiger partial charge in [-0.25, -0.2) is 4.98 Å². The lowest BCUT2D eigenvalue weighted by Crippen LogP contribution is -2.37. The summed E-state index contributed by atoms with van der Waals surface area (Å²) in [6, 6.07) is 10.2. The van der Waals surface area contributed by atoms with E-state index in [0.717, 1.165) is 41.3 Å². The third-order valence-corrected chi connectivity index (χ3v) is 5.45. The minimum absolute atomic E-state index is 0.123. The average Bonchev–Trinajstić information content (AvgIpc) is 3.11. The second-order valence-corrected chi connectivity index (χ2v) is 7.15. The normalized spacial score (nSPS) is 13.6. The van der Waals surface area contributed by atoms with Gasteiger partial charge in [0.1, 0.15) is 5.01 Å². The number of thiazole rings is 1. The van der Waals surface area contributed by atoms with Gasteiger partial charge in [-0.05, 0) is 43.0 Å². The summed E-state index contributed by atoms with van der Waals surface area (Å²) in [6.45, 7) is 2.87. The third kappa shape index (κ3) is 3.20. The fourth-order valence-electron chi connectivity index (χ4n) is 3.36. The number of hydrogen-bond donors (Lipinski definition) is 0. The number of carbonyl (C=O) groups excluding carboxylic acids is 1. The first kappa shape index (κ1) is 16.0. The maximum absolute atomic E-state index is 12.9. The Balaban J connectivity index is 1.55. The SMILES string of the molecule is Cc1cccc2c1N(C(=O)Cc1csc(-c3cccnc3)n1)CCC2. The monoisotopic (exact) mass is 349 g/mol. The van der Waals surface area contributed by atoms with Crippen LogP contribution in [0.1, 0.15) is 23.2 Å². The molecule has 0 spiro atoms. The molecule has 3 aromatic rings. The molecule has 0 saturated heterocycles. The van der Waals surface area contributed by atoms with E-state index in [-0.39, 0.29) is 5.91 Å². The lowest BCUT2D eigenvalue weighted by atomic mass is 9.98. The summed E-state index contributed by atoms with van der Waals surface area (Å²) in [5.41, 5.74) is 5.36. The Hall–Kier alpha value is -2.53. The lowest BCUT2D eigenvalue weighted by Gasteiger charge is -2.31. The Bertz CT molecular complexity index is 904. The number of fused-ring (bicyclic) bond motifs is 1. The molecule has 0 fully saturated rings. The van der Waals surface area contributed by atoms with Crippen molar-refractivity contribution in [2.24, 2.45) is 0 Å². The van der Waals surface area contributed by atoms with Crippen LogP contribution in [0.2, 0.25) is 0 Å². The molecule has 0 bridgehead atoms. The summed E-state index contributed by atoms with van der Waals surface area (Å²) in [4.78, 5) is 23.6. The first-order valence-corrected chi connectivity index (χ1v) is 9.34. The Labute approximate surface area is 151 Å². The molecule has 0 atom stereocenters. The number of benzene rings is 1. The van der Waals surface area contributed by atoms with E-state index < -0.39 is 0 Å². The third-order valence-electron chi connectivity index (χ3n) is 4.51. The number of rotatable bonds is 3. The van der Waals surface area contributed by atoms with Crippen LogP contribution >= 0.6 is 11.3 Å². The highest BCUT2D eigenvalue weighted by Crippen LogP contribution is 2.31. The number of pyridine rings is 1. The number of anilines is 1. The zero-order chi connectivity index (χ0) is 17.2. The smallest absolute Gasteiger partial charge is 0.233 e. The van der Waals surface area contributed by atoms with Gasteiger partial charge >= 0.3 is 0 Å². The van der Waals surface area contributed by atoms with Crippen LogP contribution in [0.15, 0.2) is 48.1 Å². The van der Waals surface area contributed by atoms with Gasteiger partial charge in [0.25, 0.3) is 0 Å². The quantitative estimate of drug-likeness (QED) is 0.717. The second-order valence-electron chi connectivity index (χ2n) is 6.29. The van der Waals surface area contributed by atoms with Gasteiger partial charge in [-0.2, -0.15) is 0 Å². The van der Waals surface area contributed by atoms with E-state index >= 15 is 0 Å². The van der Waals surface area contributed by atoms with E-state index in [0.29, 0.717) is 6.42 Å². The lowest BCUT2D eigenvalue weighted by molar-refractivity contribution is -0.118. The molecule has 4 nitrogen and oxygen atoms in total. The number of aromatic nitrogens is 2. The molecular weight excluding hydrogens is 330 g/mol. The van der Waals surface area contributed by atoms with Crippen molar-refractivity contribution in [2.75, 3.05) is 11.4 Å². The Morgan fingerprint density at radius 2 is 2.20 bits per heavy atom. The van der Waals surface area contributed by atoms with Crippen molar-refractivity contribution in [2.45, 2.75) is 26.2 Å². The molecule has 5 heteroatoms. The van der Waals surface area contributed by atoms with Gasteiger partial charge < -0.3 is 4.90 Å². The highest BCUT2D eigenvalue weighted by molar-refractivity contribution is 7.13. The first-order chi connectivity index (χ1) is 12.2. The number of aryl methyl sites for hydroxylation is 2. The molecule has 0 saturated carbocycles. The molecule has 0 aliphatic carbocycles. The molecule has 1 aliphatic rings. The fourth-order valence-corrected chi connectivity index (χ4v) is 4.17. The molecule has 3 heterocycles. The average molecular weight is 349 g/mol. The largest absolute Gasteiger partial charge is 0.312 e. The molecule has 1 amide bonds. The molecular formula is C20H19N3OS. The van der Waals surface area contributed by atoms with Crippen LogP contribution in [0, 0.1) is 6.92 Å². The molecule has 0 radical (unpaired) electrons. The fraction of sp³-hybridized carbons (Fsp3) is 0.250. The minimum Gasteiger partial charge on any atom is -0.312 e. The Kier molecular flexibility index (Phi) is 4.32. The summed E-state index contributed by atoms with van der Waals surface area (Å²) in [5.74, 6) is 0.123. The number of nitrogens with zero attached hydrogens (tertiary/aromatic N) is 3. The van der Waals surface area contributed by atoms with Gasteiger partial charge in [0, 0.05) is 35.6 Å². The highest BCUT2D eigenvalue weighted by Gasteiger charge is 2.24.